The van der Waals surface area contributed by atoms with Crippen LogP contribution in [0.15, 0.2) is 65.1 Å². The number of nitrogen functional groups attached to an aromatic ring is 1. The highest BCUT2D eigenvalue weighted by Crippen LogP contribution is 2.42. The number of nitrogens with one attached hydrogen (secondary N) is 1. The quantitative estimate of drug-likeness (QED) is 0.253. The van der Waals surface area contributed by atoms with Crippen LogP contribution in [0.1, 0.15) is 27.2 Å². The Balaban J connectivity index is 1.37. The van der Waals surface area contributed by atoms with Crippen molar-refractivity contribution >= 4 is 56.0 Å². The lowest BCUT2D eigenvalue weighted by Crippen LogP contribution is -2.24. The van der Waals surface area contributed by atoms with Gasteiger partial charge in [-0.3, -0.25) is 4.79 Å². The second-order valence-corrected chi connectivity index (χ2v) is 9.45. The molecule has 0 fully saturated rings. The molecule has 7 heteroatoms. The smallest absolute Gasteiger partial charge is 0.251 e. The summed E-state index contributed by atoms with van der Waals surface area (Å²) >= 11 is 6.10. The molecule has 6 aromatic rings. The Morgan fingerprint density at radius 2 is 1.69 bits per heavy atom. The predicted molar refractivity (Wildman–Crippen MR) is 142 cm³/mol. The van der Waals surface area contributed by atoms with Crippen LogP contribution in [0.5, 0.6) is 0 Å². The van der Waals surface area contributed by atoms with Crippen molar-refractivity contribution < 1.29 is 13.6 Å². The molecule has 0 atom stereocenters. The van der Waals surface area contributed by atoms with Crippen LogP contribution in [0.3, 0.4) is 0 Å². The Kier molecular flexibility index (Phi) is 5.09. The molecule has 178 valence electrons. The van der Waals surface area contributed by atoms with Crippen molar-refractivity contribution in [2.24, 2.45) is 0 Å². The number of nitrogens with two attached hydrogens (primary N) is 1. The topological polar surface area (TPSA) is 81.1 Å². The Morgan fingerprint density at radius 1 is 0.972 bits per heavy atom. The Labute approximate surface area is 211 Å². The maximum Gasteiger partial charge on any atom is 0.251 e. The number of hydrogen-bond acceptors (Lipinski definition) is 4. The highest BCUT2D eigenvalue weighted by Gasteiger charge is 2.20. The summed E-state index contributed by atoms with van der Waals surface area (Å²) in [5, 5.41) is 7.04. The summed E-state index contributed by atoms with van der Waals surface area (Å²) in [5.74, 6) is -0.0798. The second kappa shape index (κ2) is 8.21. The van der Waals surface area contributed by atoms with Gasteiger partial charge in [-0.05, 0) is 85.1 Å². The van der Waals surface area contributed by atoms with E-state index in [1.807, 2.05) is 44.2 Å². The first kappa shape index (κ1) is 22.3. The average molecular weight is 498 g/mol. The Bertz CT molecular complexity index is 1800. The van der Waals surface area contributed by atoms with E-state index in [-0.39, 0.29) is 11.7 Å². The third-order valence-electron chi connectivity index (χ3n) is 6.72. The number of furan rings is 2. The van der Waals surface area contributed by atoms with Gasteiger partial charge in [0.2, 0.25) is 0 Å². The van der Waals surface area contributed by atoms with E-state index in [0.717, 1.165) is 43.9 Å². The van der Waals surface area contributed by atoms with E-state index >= 15 is 0 Å². The highest BCUT2D eigenvalue weighted by molar-refractivity contribution is 6.31. The molecule has 0 aliphatic rings. The first-order valence-electron chi connectivity index (χ1n) is 11.5. The van der Waals surface area contributed by atoms with Gasteiger partial charge in [0.05, 0.1) is 0 Å². The predicted octanol–water partition coefficient (Wildman–Crippen LogP) is 7.16. The summed E-state index contributed by atoms with van der Waals surface area (Å²) in [6, 6.07) is 17.5. The highest BCUT2D eigenvalue weighted by atomic mass is 35.5. The van der Waals surface area contributed by atoms with E-state index in [1.54, 1.807) is 18.2 Å². The zero-order valence-corrected chi connectivity index (χ0v) is 20.3. The molecule has 6 rings (SSSR count). The van der Waals surface area contributed by atoms with Gasteiger partial charge in [-0.2, -0.15) is 0 Å². The number of carbonyl (C=O) groups excluding carboxylic acids is 1. The Hall–Kier alpha value is -4.16. The van der Waals surface area contributed by atoms with Crippen molar-refractivity contribution in [1.82, 2.24) is 10.3 Å². The number of aryl methyl sites for hydroxylation is 2. The van der Waals surface area contributed by atoms with Gasteiger partial charge in [-0.15, -0.1) is 0 Å². The van der Waals surface area contributed by atoms with Crippen LogP contribution in [0.4, 0.5) is 10.2 Å². The molecule has 0 saturated heterocycles. The van der Waals surface area contributed by atoms with E-state index in [1.165, 1.54) is 12.1 Å². The minimum Gasteiger partial charge on any atom is -0.455 e. The molecule has 3 aromatic heterocycles. The van der Waals surface area contributed by atoms with Crippen molar-refractivity contribution in [3.05, 3.63) is 93.9 Å². The number of amides is 1. The standard InChI is InChI=1S/C29H21ClFN3O2/c1-14-9-26(32)34-15(2)24(14)13-33-29(35)17-4-7-20-23(11-17)28-22-10-16(3-6-19(22)27(20)36-28)21-12-18(30)5-8-25(21)31/h3-12H,13H2,1-2H3,(H2,32,34)(H,33,35). The number of halogens is 2. The van der Waals surface area contributed by atoms with E-state index in [0.29, 0.717) is 39.7 Å². The van der Waals surface area contributed by atoms with Gasteiger partial charge in [-0.25, -0.2) is 9.37 Å². The number of hydrogen-bond donors (Lipinski definition) is 2. The van der Waals surface area contributed by atoms with Gasteiger partial charge < -0.3 is 15.5 Å². The molecule has 0 unspecified atom stereocenters. The number of anilines is 1. The maximum atomic E-state index is 14.5. The molecule has 3 aromatic carbocycles. The second-order valence-electron chi connectivity index (χ2n) is 9.02. The summed E-state index contributed by atoms with van der Waals surface area (Å²) in [4.78, 5) is 17.3. The zero-order valence-electron chi connectivity index (χ0n) is 19.6. The van der Waals surface area contributed by atoms with Gasteiger partial charge in [0.1, 0.15) is 22.8 Å². The fraction of sp³-hybridized carbons (Fsp3) is 0.103. The van der Waals surface area contributed by atoms with E-state index in [9.17, 15) is 9.18 Å². The third-order valence-corrected chi connectivity index (χ3v) is 6.96. The van der Waals surface area contributed by atoms with Crippen molar-refractivity contribution in [1.29, 1.82) is 0 Å². The molecule has 3 heterocycles. The normalized spacial score (nSPS) is 11.7. The molecule has 1 amide bonds. The molecule has 0 saturated carbocycles. The molecule has 0 aliphatic heterocycles. The lowest BCUT2D eigenvalue weighted by atomic mass is 9.97. The molecule has 0 spiro atoms. The fourth-order valence-electron chi connectivity index (χ4n) is 4.93. The molecule has 2 bridgehead atoms. The fourth-order valence-corrected chi connectivity index (χ4v) is 5.10. The molecule has 5 nitrogen and oxygen atoms in total. The minimum absolute atomic E-state index is 0.197. The number of carbonyl (C=O) groups is 1. The van der Waals surface area contributed by atoms with Gasteiger partial charge in [0.15, 0.2) is 0 Å². The van der Waals surface area contributed by atoms with Gasteiger partial charge in [0.25, 0.3) is 5.91 Å². The van der Waals surface area contributed by atoms with Crippen molar-refractivity contribution in [2.75, 3.05) is 5.73 Å². The summed E-state index contributed by atoms with van der Waals surface area (Å²) in [6.45, 7) is 4.18. The van der Waals surface area contributed by atoms with Gasteiger partial charge in [0, 0.05) is 49.9 Å². The van der Waals surface area contributed by atoms with Crippen molar-refractivity contribution in [3.8, 4) is 11.1 Å². The first-order valence-corrected chi connectivity index (χ1v) is 11.9. The number of fused-ring (bicyclic) bond motifs is 8. The molecular weight excluding hydrogens is 477 g/mol. The largest absolute Gasteiger partial charge is 0.455 e. The van der Waals surface area contributed by atoms with Crippen LogP contribution in [0, 0.1) is 19.7 Å². The van der Waals surface area contributed by atoms with Gasteiger partial charge >= 0.3 is 0 Å². The van der Waals surface area contributed by atoms with Crippen LogP contribution >= 0.6 is 11.6 Å². The molecular formula is C29H21ClFN3O2. The van der Waals surface area contributed by atoms with E-state index in [4.69, 9.17) is 21.8 Å². The van der Waals surface area contributed by atoms with Crippen LogP contribution in [0.25, 0.3) is 43.8 Å². The van der Waals surface area contributed by atoms with E-state index in [2.05, 4.69) is 10.3 Å². The van der Waals surface area contributed by atoms with Crippen LogP contribution in [-0.2, 0) is 6.54 Å². The first-order chi connectivity index (χ1) is 17.3. The van der Waals surface area contributed by atoms with Gasteiger partial charge in [-0.1, -0.05) is 17.7 Å². The maximum absolute atomic E-state index is 14.5. The van der Waals surface area contributed by atoms with Crippen LogP contribution < -0.4 is 11.1 Å². The lowest BCUT2D eigenvalue weighted by Gasteiger charge is -2.11. The lowest BCUT2D eigenvalue weighted by molar-refractivity contribution is 0.0951. The summed E-state index contributed by atoms with van der Waals surface area (Å²) in [5.41, 5.74) is 11.6. The molecule has 0 aliphatic carbocycles. The summed E-state index contributed by atoms with van der Waals surface area (Å²) < 4.78 is 20.6. The van der Waals surface area contributed by atoms with Crippen LogP contribution in [-0.4, -0.2) is 10.9 Å². The third kappa shape index (κ3) is 3.53. The summed E-state index contributed by atoms with van der Waals surface area (Å²) in [7, 11) is 0. The molecule has 36 heavy (non-hydrogen) atoms. The summed E-state index contributed by atoms with van der Waals surface area (Å²) in [6.07, 6.45) is 0. The molecule has 0 radical (unpaired) electrons. The Morgan fingerprint density at radius 3 is 2.47 bits per heavy atom. The minimum atomic E-state index is -0.345. The van der Waals surface area contributed by atoms with Crippen molar-refractivity contribution in [3.63, 3.8) is 0 Å². The average Bonchev–Trinajstić information content (AvgIpc) is 3.41. The van der Waals surface area contributed by atoms with Crippen molar-refractivity contribution in [2.45, 2.75) is 20.4 Å². The molecule has 3 N–H and O–H groups in total. The zero-order chi connectivity index (χ0) is 25.1. The number of rotatable bonds is 4. The number of aromatic nitrogens is 1. The SMILES string of the molecule is Cc1cc(N)nc(C)c1CNC(=O)c1ccc2c(c1)c1oc2c2ccc(-c3cc(Cl)ccc3F)cc21. The van der Waals surface area contributed by atoms with Crippen LogP contribution in [0.2, 0.25) is 5.02 Å². The van der Waals surface area contributed by atoms with E-state index < -0.39 is 0 Å². The monoisotopic (exact) mass is 497 g/mol. The number of nitrogens with zero attached hydrogens (tertiary/aromatic N) is 1. The number of benzene rings is 4. The number of pyridine rings is 1.